The Balaban J connectivity index is 1.53. The smallest absolute Gasteiger partial charge is 0.330 e. The fourth-order valence-electron chi connectivity index (χ4n) is 5.83. The summed E-state index contributed by atoms with van der Waals surface area (Å²) in [6.07, 6.45) is -1.24. The SMILES string of the molecule is CC(C)c1c(Br)ccc2c1C1(CNC1)C(=O)N2Cc1nc2c(n1CCCC(F)(F)F)CCCC2. The number of amides is 1. The fraction of sp³-hybridized carbons (Fsp3) is 0.600. The van der Waals surface area contributed by atoms with Crippen LogP contribution in [0.15, 0.2) is 16.6 Å². The number of hydrogen-bond acceptors (Lipinski definition) is 3. The average Bonchev–Trinajstić information content (AvgIpc) is 3.20. The first-order valence-corrected chi connectivity index (χ1v) is 12.9. The van der Waals surface area contributed by atoms with E-state index < -0.39 is 18.0 Å². The zero-order valence-corrected chi connectivity index (χ0v) is 21.2. The van der Waals surface area contributed by atoms with Crippen molar-refractivity contribution in [1.82, 2.24) is 14.9 Å². The molecule has 2 aliphatic heterocycles. The molecule has 1 fully saturated rings. The van der Waals surface area contributed by atoms with Crippen molar-refractivity contribution in [3.63, 3.8) is 0 Å². The number of benzene rings is 1. The first kappa shape index (κ1) is 23.9. The molecule has 3 heterocycles. The topological polar surface area (TPSA) is 50.2 Å². The number of alkyl halides is 3. The van der Waals surface area contributed by atoms with Crippen molar-refractivity contribution in [2.24, 2.45) is 0 Å². The first-order chi connectivity index (χ1) is 16.1. The van der Waals surface area contributed by atoms with Crippen LogP contribution in [-0.4, -0.2) is 34.7 Å². The molecule has 184 valence electrons. The zero-order valence-electron chi connectivity index (χ0n) is 19.6. The number of hydrogen-bond donors (Lipinski definition) is 1. The summed E-state index contributed by atoms with van der Waals surface area (Å²) in [7, 11) is 0. The number of rotatable bonds is 6. The molecule has 0 atom stereocenters. The van der Waals surface area contributed by atoms with E-state index in [1.165, 1.54) is 0 Å². The lowest BCUT2D eigenvalue weighted by molar-refractivity contribution is -0.136. The van der Waals surface area contributed by atoms with E-state index in [-0.39, 0.29) is 31.3 Å². The quantitative estimate of drug-likeness (QED) is 0.537. The highest BCUT2D eigenvalue weighted by molar-refractivity contribution is 9.10. The van der Waals surface area contributed by atoms with Crippen LogP contribution in [0.2, 0.25) is 0 Å². The predicted molar refractivity (Wildman–Crippen MR) is 128 cm³/mol. The van der Waals surface area contributed by atoms with Crippen molar-refractivity contribution in [1.29, 1.82) is 0 Å². The minimum Gasteiger partial charge on any atom is -0.330 e. The summed E-state index contributed by atoms with van der Waals surface area (Å²) in [6.45, 7) is 6.02. The number of nitrogens with one attached hydrogen (secondary N) is 1. The molecular formula is C25H30BrF3N4O. The largest absolute Gasteiger partial charge is 0.389 e. The van der Waals surface area contributed by atoms with Crippen LogP contribution in [0.5, 0.6) is 0 Å². The van der Waals surface area contributed by atoms with Gasteiger partial charge in [-0.1, -0.05) is 29.8 Å². The molecule has 9 heteroatoms. The molecule has 1 spiro atoms. The highest BCUT2D eigenvalue weighted by Crippen LogP contribution is 2.50. The Bertz CT molecular complexity index is 1120. The maximum absolute atomic E-state index is 13.8. The van der Waals surface area contributed by atoms with Gasteiger partial charge in [0.2, 0.25) is 5.91 Å². The van der Waals surface area contributed by atoms with Crippen LogP contribution in [0.25, 0.3) is 0 Å². The average molecular weight is 539 g/mol. The number of carbonyl (C=O) groups is 1. The Kier molecular flexibility index (Phi) is 6.07. The Morgan fingerprint density at radius 1 is 1.21 bits per heavy atom. The number of aromatic nitrogens is 2. The van der Waals surface area contributed by atoms with E-state index in [1.807, 2.05) is 21.6 Å². The van der Waals surface area contributed by atoms with Gasteiger partial charge >= 0.3 is 6.18 Å². The Morgan fingerprint density at radius 2 is 1.94 bits per heavy atom. The van der Waals surface area contributed by atoms with E-state index in [2.05, 4.69) is 35.1 Å². The van der Waals surface area contributed by atoms with Crippen LogP contribution >= 0.6 is 15.9 Å². The summed E-state index contributed by atoms with van der Waals surface area (Å²) in [5.41, 5.74) is 4.60. The van der Waals surface area contributed by atoms with Crippen molar-refractivity contribution in [2.45, 2.75) is 83.0 Å². The van der Waals surface area contributed by atoms with Crippen molar-refractivity contribution in [3.8, 4) is 0 Å². The molecule has 5 rings (SSSR count). The molecule has 0 bridgehead atoms. The van der Waals surface area contributed by atoms with E-state index in [1.54, 1.807) is 0 Å². The number of nitrogens with zero attached hydrogens (tertiary/aromatic N) is 3. The number of halogens is 4. The molecule has 0 saturated carbocycles. The van der Waals surface area contributed by atoms with Crippen LogP contribution in [0.4, 0.5) is 18.9 Å². The monoisotopic (exact) mass is 538 g/mol. The van der Waals surface area contributed by atoms with Gasteiger partial charge in [-0.15, -0.1) is 0 Å². The second-order valence-electron chi connectivity index (χ2n) is 10.1. The van der Waals surface area contributed by atoms with Crippen molar-refractivity contribution >= 4 is 27.5 Å². The normalized spacial score (nSPS) is 19.0. The van der Waals surface area contributed by atoms with Crippen LogP contribution in [-0.2, 0) is 36.1 Å². The molecule has 1 saturated heterocycles. The molecule has 3 aliphatic rings. The summed E-state index contributed by atoms with van der Waals surface area (Å²) >= 11 is 3.70. The van der Waals surface area contributed by atoms with Crippen LogP contribution < -0.4 is 10.2 Å². The van der Waals surface area contributed by atoms with Crippen molar-refractivity contribution in [2.75, 3.05) is 18.0 Å². The third-order valence-electron chi connectivity index (χ3n) is 7.48. The zero-order chi connectivity index (χ0) is 24.3. The molecule has 34 heavy (non-hydrogen) atoms. The lowest BCUT2D eigenvalue weighted by atomic mass is 9.73. The Morgan fingerprint density at radius 3 is 2.59 bits per heavy atom. The van der Waals surface area contributed by atoms with Gasteiger partial charge in [0.25, 0.3) is 0 Å². The summed E-state index contributed by atoms with van der Waals surface area (Å²) in [6, 6.07) is 3.99. The van der Waals surface area contributed by atoms with Crippen molar-refractivity contribution < 1.29 is 18.0 Å². The minimum atomic E-state index is -4.17. The van der Waals surface area contributed by atoms with Gasteiger partial charge in [-0.05, 0) is 61.3 Å². The third-order valence-corrected chi connectivity index (χ3v) is 8.17. The second-order valence-corrected chi connectivity index (χ2v) is 10.9. The summed E-state index contributed by atoms with van der Waals surface area (Å²) in [5, 5.41) is 3.29. The summed E-state index contributed by atoms with van der Waals surface area (Å²) < 4.78 is 41.5. The highest BCUT2D eigenvalue weighted by atomic mass is 79.9. The van der Waals surface area contributed by atoms with Gasteiger partial charge in [0, 0.05) is 41.9 Å². The lowest BCUT2D eigenvalue weighted by Crippen LogP contribution is -2.62. The van der Waals surface area contributed by atoms with Gasteiger partial charge < -0.3 is 14.8 Å². The summed E-state index contributed by atoms with van der Waals surface area (Å²) in [5.74, 6) is 1.00. The minimum absolute atomic E-state index is 0.0160. The number of imidazole rings is 1. The maximum atomic E-state index is 13.8. The second kappa shape index (κ2) is 8.66. The number of fused-ring (bicyclic) bond motifs is 3. The molecule has 5 nitrogen and oxygen atoms in total. The van der Waals surface area contributed by atoms with E-state index in [0.29, 0.717) is 18.9 Å². The molecular weight excluding hydrogens is 509 g/mol. The van der Waals surface area contributed by atoms with Crippen LogP contribution in [0.1, 0.15) is 73.8 Å². The highest BCUT2D eigenvalue weighted by Gasteiger charge is 2.56. The molecule has 1 amide bonds. The molecule has 1 aromatic heterocycles. The number of anilines is 1. The Labute approximate surface area is 206 Å². The fourth-order valence-corrected chi connectivity index (χ4v) is 6.62. The Hall–Kier alpha value is -1.87. The molecule has 1 N–H and O–H groups in total. The van der Waals surface area contributed by atoms with Crippen molar-refractivity contribution in [3.05, 3.63) is 44.9 Å². The predicted octanol–water partition coefficient (Wildman–Crippen LogP) is 5.38. The van der Waals surface area contributed by atoms with Gasteiger partial charge in [0.15, 0.2) is 0 Å². The van der Waals surface area contributed by atoms with Gasteiger partial charge in [0.1, 0.15) is 11.2 Å². The van der Waals surface area contributed by atoms with E-state index in [0.717, 1.165) is 58.4 Å². The van der Waals surface area contributed by atoms with Crippen LogP contribution in [0, 0.1) is 0 Å². The van der Waals surface area contributed by atoms with Crippen LogP contribution in [0.3, 0.4) is 0 Å². The summed E-state index contributed by atoms with van der Waals surface area (Å²) in [4.78, 5) is 20.5. The molecule has 1 aliphatic carbocycles. The van der Waals surface area contributed by atoms with Gasteiger partial charge in [-0.3, -0.25) is 4.79 Å². The standard InChI is InChI=1S/C25H30BrF3N4O/c1-15(2)21-16(26)8-9-19-22(21)24(13-30-14-24)23(34)33(19)12-20-31-17-6-3-4-7-18(17)32(20)11-5-10-25(27,28)29/h8-9,15,30H,3-7,10-14H2,1-2H3. The van der Waals surface area contributed by atoms with E-state index in [9.17, 15) is 18.0 Å². The van der Waals surface area contributed by atoms with Gasteiger partial charge in [-0.25, -0.2) is 4.98 Å². The van der Waals surface area contributed by atoms with E-state index >= 15 is 0 Å². The lowest BCUT2D eigenvalue weighted by Gasteiger charge is -2.39. The molecule has 2 aromatic rings. The first-order valence-electron chi connectivity index (χ1n) is 12.1. The molecule has 0 radical (unpaired) electrons. The third kappa shape index (κ3) is 3.88. The number of carbonyl (C=O) groups excluding carboxylic acids is 1. The maximum Gasteiger partial charge on any atom is 0.389 e. The van der Waals surface area contributed by atoms with Gasteiger partial charge in [0.05, 0.1) is 12.2 Å². The number of aryl methyl sites for hydroxylation is 1. The molecule has 1 aromatic carbocycles. The molecule has 0 unspecified atom stereocenters. The van der Waals surface area contributed by atoms with E-state index in [4.69, 9.17) is 4.98 Å². The van der Waals surface area contributed by atoms with Gasteiger partial charge in [-0.2, -0.15) is 13.2 Å².